The zero-order valence-corrected chi connectivity index (χ0v) is 22.9. The Kier molecular flexibility index (Phi) is 8.53. The Bertz CT molecular complexity index is 1310. The van der Waals surface area contributed by atoms with Crippen molar-refractivity contribution in [2.24, 2.45) is 0 Å². The van der Waals surface area contributed by atoms with Crippen molar-refractivity contribution in [3.8, 4) is 0 Å². The van der Waals surface area contributed by atoms with Gasteiger partial charge in [0.25, 0.3) is 0 Å². The number of anilines is 5. The van der Waals surface area contributed by atoms with Crippen LogP contribution in [0.4, 0.5) is 28.8 Å². The van der Waals surface area contributed by atoms with Crippen molar-refractivity contribution in [2.45, 2.75) is 24.7 Å². The number of nitrogens with one attached hydrogen (secondary N) is 2. The van der Waals surface area contributed by atoms with E-state index in [9.17, 15) is 8.42 Å². The largest absolute Gasteiger partial charge is 0.369 e. The second-order valence-electron chi connectivity index (χ2n) is 9.45. The molecule has 11 heteroatoms. The number of aryl methyl sites for hydroxylation is 1. The van der Waals surface area contributed by atoms with E-state index in [0.29, 0.717) is 35.4 Å². The highest BCUT2D eigenvalue weighted by Crippen LogP contribution is 2.26. The third-order valence-corrected chi connectivity index (χ3v) is 8.66. The Morgan fingerprint density at radius 2 is 1.57 bits per heavy atom. The lowest BCUT2D eigenvalue weighted by molar-refractivity contribution is 0.313. The summed E-state index contributed by atoms with van der Waals surface area (Å²) >= 11 is 0. The standard InChI is InChI=1S/C26H33N7O2S.ClH/c1-20-19-27-26(29-21-8-10-23(11-9-21)32-16-14-31(2)15-17-32)30-25(20)28-22-6-5-7-24(18-22)36(34,35)33-12-3-4-13-33;/h5-11,18-19H,3-4,12-17H2,1-2H3,(H2,27,28,29,30);1H. The first-order chi connectivity index (χ1) is 17.4. The molecule has 1 aromatic heterocycles. The molecule has 198 valence electrons. The number of hydrogen-bond acceptors (Lipinski definition) is 8. The van der Waals surface area contributed by atoms with Crippen LogP contribution in [0.3, 0.4) is 0 Å². The van der Waals surface area contributed by atoms with E-state index in [1.54, 1.807) is 28.7 Å². The highest BCUT2D eigenvalue weighted by molar-refractivity contribution is 7.89. The van der Waals surface area contributed by atoms with E-state index in [-0.39, 0.29) is 12.4 Å². The van der Waals surface area contributed by atoms with Crippen molar-refractivity contribution in [2.75, 3.05) is 61.8 Å². The van der Waals surface area contributed by atoms with Crippen LogP contribution < -0.4 is 15.5 Å². The summed E-state index contributed by atoms with van der Waals surface area (Å²) in [5.74, 6) is 1.09. The minimum atomic E-state index is -3.48. The Balaban J connectivity index is 0.00000320. The first kappa shape index (κ1) is 27.1. The fourth-order valence-corrected chi connectivity index (χ4v) is 6.09. The van der Waals surface area contributed by atoms with Crippen LogP contribution in [0.2, 0.25) is 0 Å². The molecule has 2 aliphatic heterocycles. The summed E-state index contributed by atoms with van der Waals surface area (Å²) in [7, 11) is -1.33. The molecule has 2 N–H and O–H groups in total. The van der Waals surface area contributed by atoms with E-state index < -0.39 is 10.0 Å². The van der Waals surface area contributed by atoms with Crippen LogP contribution in [0.25, 0.3) is 0 Å². The van der Waals surface area contributed by atoms with E-state index in [2.05, 4.69) is 49.6 Å². The molecular formula is C26H34ClN7O2S. The highest BCUT2D eigenvalue weighted by atomic mass is 35.5. The van der Waals surface area contributed by atoms with Gasteiger partial charge in [-0.2, -0.15) is 9.29 Å². The minimum Gasteiger partial charge on any atom is -0.369 e. The number of aromatic nitrogens is 2. The topological polar surface area (TPSA) is 93.7 Å². The van der Waals surface area contributed by atoms with Crippen LogP contribution in [-0.4, -0.2) is 73.9 Å². The van der Waals surface area contributed by atoms with Crippen molar-refractivity contribution < 1.29 is 8.42 Å². The van der Waals surface area contributed by atoms with Gasteiger partial charge in [-0.1, -0.05) is 6.07 Å². The van der Waals surface area contributed by atoms with Gasteiger partial charge in [-0.25, -0.2) is 13.4 Å². The molecule has 2 aromatic carbocycles. The minimum absolute atomic E-state index is 0. The van der Waals surface area contributed by atoms with Gasteiger partial charge in [0.2, 0.25) is 16.0 Å². The molecule has 2 saturated heterocycles. The average Bonchev–Trinajstić information content (AvgIpc) is 3.44. The number of halogens is 1. The van der Waals surface area contributed by atoms with Gasteiger partial charge >= 0.3 is 0 Å². The van der Waals surface area contributed by atoms with Gasteiger partial charge in [0.15, 0.2) is 0 Å². The van der Waals surface area contributed by atoms with Crippen LogP contribution in [-0.2, 0) is 10.0 Å². The third kappa shape index (κ3) is 6.32. The summed E-state index contributed by atoms with van der Waals surface area (Å²) in [5, 5.41) is 6.55. The number of piperazine rings is 1. The van der Waals surface area contributed by atoms with Crippen molar-refractivity contribution in [1.82, 2.24) is 19.2 Å². The predicted molar refractivity (Wildman–Crippen MR) is 151 cm³/mol. The maximum atomic E-state index is 13.0. The van der Waals surface area contributed by atoms with E-state index in [1.807, 2.05) is 25.1 Å². The Labute approximate surface area is 225 Å². The van der Waals surface area contributed by atoms with Crippen molar-refractivity contribution in [3.05, 3.63) is 60.3 Å². The normalized spacial score (nSPS) is 16.9. The van der Waals surface area contributed by atoms with Gasteiger partial charge in [0, 0.05) is 68.1 Å². The zero-order chi connectivity index (χ0) is 25.1. The lowest BCUT2D eigenvalue weighted by atomic mass is 10.2. The molecule has 2 aliphatic rings. The molecule has 0 radical (unpaired) electrons. The molecule has 3 heterocycles. The van der Waals surface area contributed by atoms with E-state index in [1.165, 1.54) is 5.69 Å². The molecule has 0 spiro atoms. The van der Waals surface area contributed by atoms with Crippen molar-refractivity contribution in [1.29, 1.82) is 0 Å². The maximum absolute atomic E-state index is 13.0. The molecule has 0 aliphatic carbocycles. The van der Waals surface area contributed by atoms with E-state index in [4.69, 9.17) is 0 Å². The summed E-state index contributed by atoms with van der Waals surface area (Å²) in [6.45, 7) is 7.27. The lowest BCUT2D eigenvalue weighted by Gasteiger charge is -2.34. The number of benzene rings is 2. The fraction of sp³-hybridized carbons (Fsp3) is 0.385. The highest BCUT2D eigenvalue weighted by Gasteiger charge is 2.27. The lowest BCUT2D eigenvalue weighted by Crippen LogP contribution is -2.44. The molecule has 0 unspecified atom stereocenters. The molecule has 0 amide bonds. The third-order valence-electron chi connectivity index (χ3n) is 6.76. The van der Waals surface area contributed by atoms with E-state index >= 15 is 0 Å². The second-order valence-corrected chi connectivity index (χ2v) is 11.4. The van der Waals surface area contributed by atoms with Crippen molar-refractivity contribution in [3.63, 3.8) is 0 Å². The Hall–Kier alpha value is -2.92. The van der Waals surface area contributed by atoms with Gasteiger partial charge in [-0.05, 0) is 69.3 Å². The van der Waals surface area contributed by atoms with Crippen LogP contribution >= 0.6 is 12.4 Å². The average molecular weight is 544 g/mol. The summed E-state index contributed by atoms with van der Waals surface area (Å²) in [6.07, 6.45) is 3.57. The van der Waals surface area contributed by atoms with Gasteiger partial charge in [-0.15, -0.1) is 12.4 Å². The van der Waals surface area contributed by atoms with Crippen LogP contribution in [0.5, 0.6) is 0 Å². The van der Waals surface area contributed by atoms with Crippen LogP contribution in [0.15, 0.2) is 59.6 Å². The molecule has 3 aromatic rings. The quantitative estimate of drug-likeness (QED) is 0.457. The second kappa shape index (κ2) is 11.6. The number of nitrogens with zero attached hydrogens (tertiary/aromatic N) is 5. The molecular weight excluding hydrogens is 510 g/mol. The monoisotopic (exact) mass is 543 g/mol. The number of likely N-dealkylation sites (N-methyl/N-ethyl adjacent to an activating group) is 1. The van der Waals surface area contributed by atoms with Gasteiger partial charge in [0.05, 0.1) is 4.90 Å². The number of sulfonamides is 1. The first-order valence-corrected chi connectivity index (χ1v) is 13.8. The SMILES string of the molecule is Cc1cnc(Nc2ccc(N3CCN(C)CC3)cc2)nc1Nc1cccc(S(=O)(=O)N2CCCC2)c1.Cl. The molecule has 2 fully saturated rings. The molecule has 0 bridgehead atoms. The Morgan fingerprint density at radius 1 is 0.865 bits per heavy atom. The smallest absolute Gasteiger partial charge is 0.243 e. The van der Waals surface area contributed by atoms with Gasteiger partial charge in [0.1, 0.15) is 5.82 Å². The maximum Gasteiger partial charge on any atom is 0.243 e. The van der Waals surface area contributed by atoms with E-state index in [0.717, 1.165) is 50.3 Å². The number of rotatable bonds is 7. The summed E-state index contributed by atoms with van der Waals surface area (Å²) in [6, 6.07) is 15.2. The molecule has 0 atom stereocenters. The summed E-state index contributed by atoms with van der Waals surface area (Å²) in [4.78, 5) is 14.1. The number of hydrogen-bond donors (Lipinski definition) is 2. The summed E-state index contributed by atoms with van der Waals surface area (Å²) < 4.78 is 27.5. The predicted octanol–water partition coefficient (Wildman–Crippen LogP) is 4.23. The Morgan fingerprint density at radius 3 is 2.27 bits per heavy atom. The zero-order valence-electron chi connectivity index (χ0n) is 21.2. The molecule has 37 heavy (non-hydrogen) atoms. The van der Waals surface area contributed by atoms with Gasteiger partial charge in [-0.3, -0.25) is 0 Å². The molecule has 9 nitrogen and oxygen atoms in total. The van der Waals surface area contributed by atoms with Crippen molar-refractivity contribution >= 4 is 51.3 Å². The summed E-state index contributed by atoms with van der Waals surface area (Å²) in [5.41, 5.74) is 3.64. The van der Waals surface area contributed by atoms with Crippen LogP contribution in [0.1, 0.15) is 18.4 Å². The molecule has 0 saturated carbocycles. The molecule has 5 rings (SSSR count). The van der Waals surface area contributed by atoms with Gasteiger partial charge < -0.3 is 20.4 Å². The van der Waals surface area contributed by atoms with Crippen LogP contribution in [0, 0.1) is 6.92 Å². The first-order valence-electron chi connectivity index (χ1n) is 12.4. The fourth-order valence-electron chi connectivity index (χ4n) is 4.53.